The predicted octanol–water partition coefficient (Wildman–Crippen LogP) is 3.09. The number of nitrogens with one attached hydrogen (secondary N) is 1. The molecule has 0 saturated heterocycles. The summed E-state index contributed by atoms with van der Waals surface area (Å²) in [5, 5.41) is 3.35. The molecule has 0 atom stereocenters. The summed E-state index contributed by atoms with van der Waals surface area (Å²) >= 11 is 0. The standard InChI is InChI=1S/C22H25FN4O2/c1-3-26(4-2)22-25-19-8-6-5-7-18(19)21(29)27(22)14-13-20(28)24-15-16-9-11-17(23)12-10-16/h5-12H,3-4,13-15H2,1-2H3,(H,24,28). The van der Waals surface area contributed by atoms with Gasteiger partial charge in [0, 0.05) is 32.6 Å². The van der Waals surface area contributed by atoms with Crippen molar-refractivity contribution in [2.24, 2.45) is 0 Å². The van der Waals surface area contributed by atoms with Crippen molar-refractivity contribution in [3.8, 4) is 0 Å². The van der Waals surface area contributed by atoms with Crippen LogP contribution >= 0.6 is 0 Å². The summed E-state index contributed by atoms with van der Waals surface area (Å²) < 4.78 is 14.6. The first kappa shape index (κ1) is 20.5. The molecule has 1 heterocycles. The minimum absolute atomic E-state index is 0.148. The molecule has 7 heteroatoms. The highest BCUT2D eigenvalue weighted by Gasteiger charge is 2.16. The molecule has 0 aliphatic carbocycles. The van der Waals surface area contributed by atoms with Crippen LogP contribution in [0.1, 0.15) is 25.8 Å². The van der Waals surface area contributed by atoms with E-state index >= 15 is 0 Å². The van der Waals surface area contributed by atoms with Gasteiger partial charge >= 0.3 is 0 Å². The Morgan fingerprint density at radius 2 is 1.79 bits per heavy atom. The molecule has 0 spiro atoms. The summed E-state index contributed by atoms with van der Waals surface area (Å²) in [7, 11) is 0. The highest BCUT2D eigenvalue weighted by molar-refractivity contribution is 5.79. The third-order valence-corrected chi connectivity index (χ3v) is 4.85. The Morgan fingerprint density at radius 1 is 1.10 bits per heavy atom. The molecule has 6 nitrogen and oxygen atoms in total. The van der Waals surface area contributed by atoms with Crippen molar-refractivity contribution in [2.45, 2.75) is 33.4 Å². The van der Waals surface area contributed by atoms with E-state index in [0.29, 0.717) is 36.5 Å². The van der Waals surface area contributed by atoms with Crippen LogP contribution in [0.5, 0.6) is 0 Å². The van der Waals surface area contributed by atoms with Crippen LogP contribution in [0.25, 0.3) is 10.9 Å². The molecule has 1 amide bonds. The highest BCUT2D eigenvalue weighted by Crippen LogP contribution is 2.15. The van der Waals surface area contributed by atoms with Crippen LogP contribution in [0, 0.1) is 5.82 Å². The molecule has 3 aromatic rings. The summed E-state index contributed by atoms with van der Waals surface area (Å²) in [6.45, 7) is 5.97. The second-order valence-electron chi connectivity index (χ2n) is 6.71. The number of anilines is 1. The highest BCUT2D eigenvalue weighted by atomic mass is 19.1. The monoisotopic (exact) mass is 396 g/mol. The largest absolute Gasteiger partial charge is 0.352 e. The Bertz CT molecular complexity index is 1040. The van der Waals surface area contributed by atoms with Crippen LogP contribution in [-0.4, -0.2) is 28.5 Å². The molecule has 0 radical (unpaired) electrons. The van der Waals surface area contributed by atoms with Crippen LogP contribution < -0.4 is 15.8 Å². The maximum Gasteiger partial charge on any atom is 0.262 e. The van der Waals surface area contributed by atoms with Gasteiger partial charge in [0.15, 0.2) is 0 Å². The molecular formula is C22H25FN4O2. The number of aromatic nitrogens is 2. The van der Waals surface area contributed by atoms with Crippen LogP contribution in [-0.2, 0) is 17.9 Å². The zero-order chi connectivity index (χ0) is 20.8. The number of carbonyl (C=O) groups is 1. The maximum atomic E-state index is 13.0. The van der Waals surface area contributed by atoms with E-state index in [1.165, 1.54) is 12.1 Å². The van der Waals surface area contributed by atoms with Crippen molar-refractivity contribution < 1.29 is 9.18 Å². The summed E-state index contributed by atoms with van der Waals surface area (Å²) in [4.78, 5) is 32.0. The number of hydrogen-bond acceptors (Lipinski definition) is 4. The molecule has 1 aromatic heterocycles. The lowest BCUT2D eigenvalue weighted by Crippen LogP contribution is -2.34. The van der Waals surface area contributed by atoms with E-state index in [1.807, 2.05) is 36.9 Å². The fourth-order valence-electron chi connectivity index (χ4n) is 3.21. The minimum atomic E-state index is -0.313. The van der Waals surface area contributed by atoms with E-state index in [1.54, 1.807) is 22.8 Å². The number of hydrogen-bond donors (Lipinski definition) is 1. The summed E-state index contributed by atoms with van der Waals surface area (Å²) in [5.41, 5.74) is 1.31. The van der Waals surface area contributed by atoms with Crippen molar-refractivity contribution in [3.05, 3.63) is 70.3 Å². The van der Waals surface area contributed by atoms with E-state index in [-0.39, 0.29) is 30.2 Å². The first-order valence-corrected chi connectivity index (χ1v) is 9.79. The molecule has 0 saturated carbocycles. The second kappa shape index (κ2) is 9.32. The summed E-state index contributed by atoms with van der Waals surface area (Å²) in [6, 6.07) is 13.2. The molecule has 2 aromatic carbocycles. The Hall–Kier alpha value is -3.22. The second-order valence-corrected chi connectivity index (χ2v) is 6.71. The van der Waals surface area contributed by atoms with Gasteiger partial charge in [-0.1, -0.05) is 24.3 Å². The topological polar surface area (TPSA) is 67.2 Å². The Kier molecular flexibility index (Phi) is 6.59. The lowest BCUT2D eigenvalue weighted by molar-refractivity contribution is -0.121. The van der Waals surface area contributed by atoms with Gasteiger partial charge in [0.2, 0.25) is 11.9 Å². The van der Waals surface area contributed by atoms with E-state index in [9.17, 15) is 14.0 Å². The van der Waals surface area contributed by atoms with Gasteiger partial charge in [-0.2, -0.15) is 0 Å². The lowest BCUT2D eigenvalue weighted by atomic mass is 10.2. The minimum Gasteiger partial charge on any atom is -0.352 e. The van der Waals surface area contributed by atoms with Gasteiger partial charge in [-0.15, -0.1) is 0 Å². The Balaban J connectivity index is 1.78. The Labute approximate surface area is 169 Å². The van der Waals surface area contributed by atoms with Gasteiger partial charge in [0.1, 0.15) is 5.82 Å². The quantitative estimate of drug-likeness (QED) is 0.635. The van der Waals surface area contributed by atoms with Gasteiger partial charge in [-0.05, 0) is 43.7 Å². The number of carbonyl (C=O) groups excluding carboxylic acids is 1. The van der Waals surface area contributed by atoms with Crippen molar-refractivity contribution >= 4 is 22.8 Å². The number of halogens is 1. The molecule has 0 bridgehead atoms. The van der Waals surface area contributed by atoms with Crippen LogP contribution in [0.15, 0.2) is 53.3 Å². The molecule has 0 fully saturated rings. The number of fused-ring (bicyclic) bond motifs is 1. The van der Waals surface area contributed by atoms with Crippen molar-refractivity contribution in [2.75, 3.05) is 18.0 Å². The van der Waals surface area contributed by atoms with Gasteiger partial charge in [0.05, 0.1) is 10.9 Å². The van der Waals surface area contributed by atoms with E-state index in [0.717, 1.165) is 5.56 Å². The molecule has 0 aliphatic rings. The molecule has 3 rings (SSSR count). The molecular weight excluding hydrogens is 371 g/mol. The smallest absolute Gasteiger partial charge is 0.262 e. The average Bonchev–Trinajstić information content (AvgIpc) is 2.74. The van der Waals surface area contributed by atoms with E-state index in [4.69, 9.17) is 0 Å². The van der Waals surface area contributed by atoms with Gasteiger partial charge in [-0.25, -0.2) is 9.37 Å². The number of para-hydroxylation sites is 1. The number of benzene rings is 2. The molecule has 152 valence electrons. The van der Waals surface area contributed by atoms with Crippen LogP contribution in [0.4, 0.5) is 10.3 Å². The first-order valence-electron chi connectivity index (χ1n) is 9.79. The fraction of sp³-hybridized carbons (Fsp3) is 0.318. The fourth-order valence-corrected chi connectivity index (χ4v) is 3.21. The van der Waals surface area contributed by atoms with E-state index in [2.05, 4.69) is 10.3 Å². The van der Waals surface area contributed by atoms with Crippen LogP contribution in [0.2, 0.25) is 0 Å². The van der Waals surface area contributed by atoms with Gasteiger partial charge < -0.3 is 10.2 Å². The lowest BCUT2D eigenvalue weighted by Gasteiger charge is -2.24. The molecule has 0 unspecified atom stereocenters. The first-order chi connectivity index (χ1) is 14.0. The molecule has 0 aliphatic heterocycles. The number of amides is 1. The zero-order valence-electron chi connectivity index (χ0n) is 16.7. The number of nitrogens with zero attached hydrogens (tertiary/aromatic N) is 3. The zero-order valence-corrected chi connectivity index (χ0v) is 16.7. The third kappa shape index (κ3) is 4.80. The number of rotatable bonds is 8. The predicted molar refractivity (Wildman–Crippen MR) is 112 cm³/mol. The molecule has 1 N–H and O–H groups in total. The van der Waals surface area contributed by atoms with Crippen molar-refractivity contribution in [1.29, 1.82) is 0 Å². The average molecular weight is 396 g/mol. The van der Waals surface area contributed by atoms with Crippen molar-refractivity contribution in [1.82, 2.24) is 14.9 Å². The Morgan fingerprint density at radius 3 is 2.48 bits per heavy atom. The van der Waals surface area contributed by atoms with Crippen molar-refractivity contribution in [3.63, 3.8) is 0 Å². The normalized spacial score (nSPS) is 10.9. The molecule has 29 heavy (non-hydrogen) atoms. The van der Waals surface area contributed by atoms with Gasteiger partial charge in [-0.3, -0.25) is 14.2 Å². The van der Waals surface area contributed by atoms with E-state index < -0.39 is 0 Å². The van der Waals surface area contributed by atoms with Gasteiger partial charge in [0.25, 0.3) is 5.56 Å². The van der Waals surface area contributed by atoms with Crippen LogP contribution in [0.3, 0.4) is 0 Å². The maximum absolute atomic E-state index is 13.0. The summed E-state index contributed by atoms with van der Waals surface area (Å²) in [6.07, 6.45) is 0.148. The SMILES string of the molecule is CCN(CC)c1nc2ccccc2c(=O)n1CCC(=O)NCc1ccc(F)cc1. The third-order valence-electron chi connectivity index (χ3n) is 4.85. The summed E-state index contributed by atoms with van der Waals surface area (Å²) in [5.74, 6) is 0.0807.